The zero-order chi connectivity index (χ0) is 8.48. The summed E-state index contributed by atoms with van der Waals surface area (Å²) in [6.45, 7) is 7.07. The molecule has 0 amide bonds. The van der Waals surface area contributed by atoms with E-state index in [9.17, 15) is 0 Å². The zero-order valence-electron chi connectivity index (χ0n) is 7.86. The van der Waals surface area contributed by atoms with E-state index in [1.807, 2.05) is 0 Å². The highest BCUT2D eigenvalue weighted by Crippen LogP contribution is 2.41. The Balaban J connectivity index is 2.51. The average molecular weight is 175 g/mol. The molecule has 11 heavy (non-hydrogen) atoms. The summed E-state index contributed by atoms with van der Waals surface area (Å²) in [6, 6.07) is 0. The van der Waals surface area contributed by atoms with E-state index in [0.717, 1.165) is 17.7 Å². The van der Waals surface area contributed by atoms with Crippen molar-refractivity contribution in [1.82, 2.24) is 0 Å². The highest BCUT2D eigenvalue weighted by molar-refractivity contribution is 6.18. The van der Waals surface area contributed by atoms with Crippen LogP contribution in [0.25, 0.3) is 0 Å². The number of halogens is 1. The van der Waals surface area contributed by atoms with E-state index in [4.69, 9.17) is 11.6 Å². The molecule has 1 aliphatic rings. The maximum absolute atomic E-state index is 5.87. The third-order valence-electron chi connectivity index (χ3n) is 2.70. The molecule has 0 aromatic carbocycles. The van der Waals surface area contributed by atoms with Crippen molar-refractivity contribution in [2.24, 2.45) is 17.3 Å². The fourth-order valence-electron chi connectivity index (χ4n) is 2.66. The molecule has 1 aliphatic carbocycles. The van der Waals surface area contributed by atoms with Crippen LogP contribution in [0.2, 0.25) is 0 Å². The third-order valence-corrected chi connectivity index (χ3v) is 3.13. The van der Waals surface area contributed by atoms with Crippen molar-refractivity contribution in [3.63, 3.8) is 0 Å². The van der Waals surface area contributed by atoms with E-state index < -0.39 is 0 Å². The van der Waals surface area contributed by atoms with Gasteiger partial charge in [0.15, 0.2) is 0 Å². The van der Waals surface area contributed by atoms with Gasteiger partial charge in [0.05, 0.1) is 0 Å². The minimum Gasteiger partial charge on any atom is -0.126 e. The van der Waals surface area contributed by atoms with Gasteiger partial charge in [0.25, 0.3) is 0 Å². The van der Waals surface area contributed by atoms with Crippen molar-refractivity contribution in [3.05, 3.63) is 0 Å². The summed E-state index contributed by atoms with van der Waals surface area (Å²) < 4.78 is 0. The van der Waals surface area contributed by atoms with E-state index in [-0.39, 0.29) is 0 Å². The van der Waals surface area contributed by atoms with Crippen LogP contribution in [0.15, 0.2) is 0 Å². The van der Waals surface area contributed by atoms with E-state index >= 15 is 0 Å². The predicted molar refractivity (Wildman–Crippen MR) is 51.0 cm³/mol. The molecule has 1 rings (SSSR count). The molecule has 2 unspecified atom stereocenters. The van der Waals surface area contributed by atoms with Crippen LogP contribution in [0, 0.1) is 17.3 Å². The lowest BCUT2D eigenvalue weighted by molar-refractivity contribution is 0.144. The zero-order valence-corrected chi connectivity index (χ0v) is 8.62. The fourth-order valence-corrected chi connectivity index (χ4v) is 2.90. The molecule has 0 nitrogen and oxygen atoms in total. The van der Waals surface area contributed by atoms with Crippen molar-refractivity contribution in [1.29, 1.82) is 0 Å². The van der Waals surface area contributed by atoms with Gasteiger partial charge in [-0.2, -0.15) is 0 Å². The van der Waals surface area contributed by atoms with Crippen molar-refractivity contribution in [2.75, 3.05) is 5.88 Å². The summed E-state index contributed by atoms with van der Waals surface area (Å²) in [5, 5.41) is 0. The Bertz CT molecular complexity index is 129. The maximum Gasteiger partial charge on any atom is 0.0252 e. The first-order chi connectivity index (χ1) is 5.03. The Morgan fingerprint density at radius 2 is 2.00 bits per heavy atom. The standard InChI is InChI=1S/C10H19Cl/c1-8-4-9(7-11)6-10(2,3)5-8/h8-9H,4-7H2,1-3H3. The Labute approximate surface area is 75.3 Å². The Morgan fingerprint density at radius 3 is 2.45 bits per heavy atom. The van der Waals surface area contributed by atoms with E-state index in [2.05, 4.69) is 20.8 Å². The summed E-state index contributed by atoms with van der Waals surface area (Å²) in [6.07, 6.45) is 4.04. The predicted octanol–water partition coefficient (Wildman–Crippen LogP) is 3.69. The number of hydrogen-bond acceptors (Lipinski definition) is 0. The monoisotopic (exact) mass is 174 g/mol. The first kappa shape index (κ1) is 9.38. The topological polar surface area (TPSA) is 0 Å². The van der Waals surface area contributed by atoms with Crippen LogP contribution in [0.5, 0.6) is 0 Å². The van der Waals surface area contributed by atoms with Gasteiger partial charge >= 0.3 is 0 Å². The van der Waals surface area contributed by atoms with E-state index in [1.54, 1.807) is 0 Å². The molecule has 0 heterocycles. The number of alkyl halides is 1. The van der Waals surface area contributed by atoms with Crippen molar-refractivity contribution < 1.29 is 0 Å². The van der Waals surface area contributed by atoms with E-state index in [0.29, 0.717) is 5.41 Å². The molecule has 0 aromatic rings. The molecular weight excluding hydrogens is 156 g/mol. The third kappa shape index (κ3) is 2.66. The molecule has 1 saturated carbocycles. The molecule has 0 N–H and O–H groups in total. The quantitative estimate of drug-likeness (QED) is 0.532. The summed E-state index contributed by atoms with van der Waals surface area (Å²) in [5.41, 5.74) is 0.539. The molecule has 0 bridgehead atoms. The molecule has 0 aromatic heterocycles. The first-order valence-electron chi connectivity index (χ1n) is 4.59. The van der Waals surface area contributed by atoms with Crippen LogP contribution in [-0.2, 0) is 0 Å². The highest BCUT2D eigenvalue weighted by Gasteiger charge is 2.31. The first-order valence-corrected chi connectivity index (χ1v) is 5.13. The maximum atomic E-state index is 5.87. The highest BCUT2D eigenvalue weighted by atomic mass is 35.5. The largest absolute Gasteiger partial charge is 0.126 e. The molecule has 0 radical (unpaired) electrons. The van der Waals surface area contributed by atoms with Crippen LogP contribution in [0.4, 0.5) is 0 Å². The van der Waals surface area contributed by atoms with Gasteiger partial charge in [-0.05, 0) is 36.5 Å². The number of hydrogen-bond donors (Lipinski definition) is 0. The molecule has 0 saturated heterocycles. The van der Waals surface area contributed by atoms with Gasteiger partial charge in [-0.15, -0.1) is 11.6 Å². The molecule has 66 valence electrons. The lowest BCUT2D eigenvalue weighted by Crippen LogP contribution is -2.28. The minimum atomic E-state index is 0.539. The summed E-state index contributed by atoms with van der Waals surface area (Å²) in [7, 11) is 0. The Morgan fingerprint density at radius 1 is 1.36 bits per heavy atom. The van der Waals surface area contributed by atoms with Gasteiger partial charge in [-0.3, -0.25) is 0 Å². The molecule has 0 spiro atoms. The van der Waals surface area contributed by atoms with Crippen LogP contribution in [0.1, 0.15) is 40.0 Å². The van der Waals surface area contributed by atoms with Crippen molar-refractivity contribution in [2.45, 2.75) is 40.0 Å². The molecule has 2 atom stereocenters. The second-order valence-electron chi connectivity index (χ2n) is 4.93. The lowest BCUT2D eigenvalue weighted by Gasteiger charge is -2.38. The lowest BCUT2D eigenvalue weighted by atomic mass is 9.68. The van der Waals surface area contributed by atoms with Gasteiger partial charge in [-0.25, -0.2) is 0 Å². The second kappa shape index (κ2) is 3.35. The summed E-state index contributed by atoms with van der Waals surface area (Å²) >= 11 is 5.87. The fraction of sp³-hybridized carbons (Fsp3) is 1.00. The SMILES string of the molecule is CC1CC(CCl)CC(C)(C)C1. The molecular formula is C10H19Cl. The van der Waals surface area contributed by atoms with Crippen LogP contribution in [-0.4, -0.2) is 5.88 Å². The number of rotatable bonds is 1. The molecule has 1 heteroatoms. The Kier molecular flexibility index (Phi) is 2.85. The van der Waals surface area contributed by atoms with Gasteiger partial charge < -0.3 is 0 Å². The average Bonchev–Trinajstić information content (AvgIpc) is 1.83. The van der Waals surface area contributed by atoms with Gasteiger partial charge in [0, 0.05) is 5.88 Å². The second-order valence-corrected chi connectivity index (χ2v) is 5.24. The van der Waals surface area contributed by atoms with Crippen LogP contribution in [0.3, 0.4) is 0 Å². The van der Waals surface area contributed by atoms with Crippen LogP contribution < -0.4 is 0 Å². The van der Waals surface area contributed by atoms with E-state index in [1.165, 1.54) is 19.3 Å². The van der Waals surface area contributed by atoms with Gasteiger partial charge in [0.1, 0.15) is 0 Å². The minimum absolute atomic E-state index is 0.539. The Hall–Kier alpha value is 0.290. The molecule has 1 fully saturated rings. The van der Waals surface area contributed by atoms with Crippen molar-refractivity contribution in [3.8, 4) is 0 Å². The summed E-state index contributed by atoms with van der Waals surface area (Å²) in [4.78, 5) is 0. The van der Waals surface area contributed by atoms with Crippen molar-refractivity contribution >= 4 is 11.6 Å². The van der Waals surface area contributed by atoms with Gasteiger partial charge in [0.2, 0.25) is 0 Å². The molecule has 0 aliphatic heterocycles. The van der Waals surface area contributed by atoms with Crippen LogP contribution >= 0.6 is 11.6 Å². The smallest absolute Gasteiger partial charge is 0.0252 e. The normalized spacial score (nSPS) is 37.1. The van der Waals surface area contributed by atoms with Gasteiger partial charge in [-0.1, -0.05) is 20.8 Å². The summed E-state index contributed by atoms with van der Waals surface area (Å²) in [5.74, 6) is 2.51.